The van der Waals surface area contributed by atoms with E-state index in [9.17, 15) is 4.79 Å². The zero-order valence-electron chi connectivity index (χ0n) is 6.43. The maximum absolute atomic E-state index is 10.3. The van der Waals surface area contributed by atoms with Crippen molar-refractivity contribution in [3.05, 3.63) is 37.5 Å². The molecule has 0 bridgehead atoms. The minimum Gasteiger partial charge on any atom is -0.450 e. The van der Waals surface area contributed by atoms with Gasteiger partial charge in [-0.2, -0.15) is 0 Å². The fourth-order valence-electron chi connectivity index (χ4n) is 0.231. The van der Waals surface area contributed by atoms with Crippen LogP contribution in [0.2, 0.25) is 0 Å². The largest absolute Gasteiger partial charge is 0.503 e. The summed E-state index contributed by atoms with van der Waals surface area (Å²) in [4.78, 5) is 18.9. The summed E-state index contributed by atoms with van der Waals surface area (Å²) in [5.74, 6) is -0.0927. The summed E-state index contributed by atoms with van der Waals surface area (Å²) in [6, 6.07) is 0. The number of rotatable bonds is 3. The number of ketones is 1. The highest BCUT2D eigenvalue weighted by Crippen LogP contribution is 1.76. The molecule has 0 amide bonds. The van der Waals surface area contributed by atoms with Crippen LogP contribution in [0.5, 0.6) is 0 Å². The molecule has 0 unspecified atom stereocenters. The van der Waals surface area contributed by atoms with Gasteiger partial charge in [-0.1, -0.05) is 25.3 Å². The van der Waals surface area contributed by atoms with Crippen molar-refractivity contribution in [3.63, 3.8) is 0 Å². The van der Waals surface area contributed by atoms with Crippen LogP contribution in [0.15, 0.2) is 37.5 Å². The number of carbonyl (C=O) groups excluding carboxylic acids is 1. The summed E-state index contributed by atoms with van der Waals surface area (Å²) < 4.78 is 0. The molecule has 0 aliphatic carbocycles. The maximum Gasteiger partial charge on any atom is 0.503 e. The Kier molecular flexibility index (Phi) is 9.77. The second-order valence-electron chi connectivity index (χ2n) is 1.48. The van der Waals surface area contributed by atoms with Crippen LogP contribution in [0.1, 0.15) is 0 Å². The molecule has 0 aromatic rings. The van der Waals surface area contributed by atoms with E-state index < -0.39 is 6.16 Å². The first-order valence-corrected chi connectivity index (χ1v) is 2.92. The molecule has 0 radical (unpaired) electrons. The van der Waals surface area contributed by atoms with Crippen LogP contribution >= 0.6 is 0 Å². The standard InChI is InChI=1S/C7H8O.CH2O3/c1-3-5-6-7(8)4-2;2-1(3)4/h3-6H,1-2H2;(H2,2,3,4). The summed E-state index contributed by atoms with van der Waals surface area (Å²) in [7, 11) is 0. The van der Waals surface area contributed by atoms with Crippen molar-refractivity contribution in [2.24, 2.45) is 0 Å². The van der Waals surface area contributed by atoms with E-state index in [1.54, 1.807) is 12.2 Å². The van der Waals surface area contributed by atoms with Gasteiger partial charge < -0.3 is 10.2 Å². The van der Waals surface area contributed by atoms with Gasteiger partial charge in [0, 0.05) is 0 Å². The highest BCUT2D eigenvalue weighted by atomic mass is 16.6. The van der Waals surface area contributed by atoms with Gasteiger partial charge >= 0.3 is 6.16 Å². The van der Waals surface area contributed by atoms with Crippen LogP contribution in [-0.4, -0.2) is 22.2 Å². The summed E-state index contributed by atoms with van der Waals surface area (Å²) in [6.07, 6.45) is 3.94. The molecule has 0 aliphatic heterocycles. The van der Waals surface area contributed by atoms with Gasteiger partial charge in [-0.15, -0.1) is 0 Å². The molecule has 4 heteroatoms. The number of allylic oxidation sites excluding steroid dienone is 4. The van der Waals surface area contributed by atoms with Gasteiger partial charge in [-0.25, -0.2) is 4.79 Å². The molecular weight excluding hydrogens is 160 g/mol. The van der Waals surface area contributed by atoms with Crippen molar-refractivity contribution >= 4 is 11.9 Å². The third-order valence-corrected chi connectivity index (χ3v) is 0.598. The summed E-state index contributed by atoms with van der Waals surface area (Å²) >= 11 is 0. The smallest absolute Gasteiger partial charge is 0.450 e. The topological polar surface area (TPSA) is 74.6 Å². The van der Waals surface area contributed by atoms with Crippen LogP contribution in [-0.2, 0) is 4.79 Å². The Labute approximate surface area is 70.1 Å². The van der Waals surface area contributed by atoms with E-state index in [-0.39, 0.29) is 5.78 Å². The van der Waals surface area contributed by atoms with Gasteiger partial charge in [0.1, 0.15) is 0 Å². The van der Waals surface area contributed by atoms with E-state index in [2.05, 4.69) is 13.2 Å². The van der Waals surface area contributed by atoms with E-state index in [1.807, 2.05) is 0 Å². The van der Waals surface area contributed by atoms with Crippen LogP contribution in [0.3, 0.4) is 0 Å². The van der Waals surface area contributed by atoms with Crippen molar-refractivity contribution in [2.75, 3.05) is 0 Å². The van der Waals surface area contributed by atoms with Crippen molar-refractivity contribution in [2.45, 2.75) is 0 Å². The van der Waals surface area contributed by atoms with E-state index in [1.165, 1.54) is 12.2 Å². The van der Waals surface area contributed by atoms with Crippen molar-refractivity contribution in [3.8, 4) is 0 Å². The zero-order valence-corrected chi connectivity index (χ0v) is 6.43. The first-order chi connectivity index (χ1) is 5.54. The van der Waals surface area contributed by atoms with E-state index >= 15 is 0 Å². The van der Waals surface area contributed by atoms with Crippen molar-refractivity contribution in [1.82, 2.24) is 0 Å². The highest BCUT2D eigenvalue weighted by Gasteiger charge is 1.79. The predicted molar refractivity (Wildman–Crippen MR) is 45.2 cm³/mol. The van der Waals surface area contributed by atoms with Gasteiger partial charge in [0.05, 0.1) is 0 Å². The quantitative estimate of drug-likeness (QED) is 0.499. The molecule has 0 fully saturated rings. The lowest BCUT2D eigenvalue weighted by atomic mass is 10.3. The molecule has 0 aromatic heterocycles. The molecule has 0 saturated carbocycles. The Bertz CT molecular complexity index is 199. The first-order valence-electron chi connectivity index (χ1n) is 2.92. The fourth-order valence-corrected chi connectivity index (χ4v) is 0.231. The lowest BCUT2D eigenvalue weighted by molar-refractivity contribution is -0.110. The molecule has 0 saturated heterocycles. The van der Waals surface area contributed by atoms with Gasteiger partial charge in [0.15, 0.2) is 5.78 Å². The Hall–Kier alpha value is -1.84. The molecule has 4 nitrogen and oxygen atoms in total. The van der Waals surface area contributed by atoms with Crippen LogP contribution in [0.25, 0.3) is 0 Å². The lowest BCUT2D eigenvalue weighted by Gasteiger charge is -1.73. The van der Waals surface area contributed by atoms with Gasteiger partial charge in [0.25, 0.3) is 0 Å². The van der Waals surface area contributed by atoms with E-state index in [0.717, 1.165) is 0 Å². The molecular formula is C8H10O4. The predicted octanol–water partition coefficient (Wildman–Crippen LogP) is 1.71. The number of hydrogen-bond acceptors (Lipinski definition) is 2. The van der Waals surface area contributed by atoms with Crippen molar-refractivity contribution < 1.29 is 19.8 Å². The fraction of sp³-hybridized carbons (Fsp3) is 0. The summed E-state index contributed by atoms with van der Waals surface area (Å²) in [5, 5.41) is 13.9. The molecule has 0 heterocycles. The number of carboxylic acid groups (broad SMARTS) is 2. The van der Waals surface area contributed by atoms with Crippen LogP contribution < -0.4 is 0 Å². The molecule has 0 aromatic carbocycles. The van der Waals surface area contributed by atoms with Crippen LogP contribution in [0.4, 0.5) is 4.79 Å². The van der Waals surface area contributed by atoms with Gasteiger partial charge in [-0.3, -0.25) is 4.79 Å². The molecule has 0 spiro atoms. The number of hydrogen-bond donors (Lipinski definition) is 2. The Balaban J connectivity index is 0. The minimum atomic E-state index is -1.83. The van der Waals surface area contributed by atoms with E-state index in [0.29, 0.717) is 0 Å². The zero-order chi connectivity index (χ0) is 9.98. The Morgan fingerprint density at radius 3 is 1.83 bits per heavy atom. The highest BCUT2D eigenvalue weighted by molar-refractivity contribution is 5.98. The Morgan fingerprint density at radius 1 is 1.17 bits per heavy atom. The Morgan fingerprint density at radius 2 is 1.58 bits per heavy atom. The normalized spacial score (nSPS) is 8.00. The second kappa shape index (κ2) is 9.16. The molecule has 0 rings (SSSR count). The summed E-state index contributed by atoms with van der Waals surface area (Å²) in [6.45, 7) is 6.67. The third-order valence-electron chi connectivity index (χ3n) is 0.598. The average molecular weight is 170 g/mol. The summed E-state index contributed by atoms with van der Waals surface area (Å²) in [5.41, 5.74) is 0. The monoisotopic (exact) mass is 170 g/mol. The molecule has 66 valence electrons. The number of carbonyl (C=O) groups is 2. The third kappa shape index (κ3) is 24.2. The molecule has 0 aliphatic rings. The van der Waals surface area contributed by atoms with Crippen molar-refractivity contribution in [1.29, 1.82) is 0 Å². The minimum absolute atomic E-state index is 0.0927. The van der Waals surface area contributed by atoms with E-state index in [4.69, 9.17) is 15.0 Å². The molecule has 0 atom stereocenters. The maximum atomic E-state index is 10.3. The molecule has 2 N–H and O–H groups in total. The average Bonchev–Trinajstić information content (AvgIpc) is 1.99. The van der Waals surface area contributed by atoms with Gasteiger partial charge in [0.2, 0.25) is 0 Å². The SMILES string of the molecule is C=CC=CC(=O)C=C.O=C(O)O. The lowest BCUT2D eigenvalue weighted by Crippen LogP contribution is -1.81. The van der Waals surface area contributed by atoms with Gasteiger partial charge in [-0.05, 0) is 12.2 Å². The molecule has 12 heavy (non-hydrogen) atoms. The second-order valence-corrected chi connectivity index (χ2v) is 1.48. The first kappa shape index (κ1) is 12.8. The van der Waals surface area contributed by atoms with Crippen LogP contribution in [0, 0.1) is 0 Å².